The summed E-state index contributed by atoms with van der Waals surface area (Å²) >= 11 is 3.62. The minimum atomic E-state index is -0.129. The zero-order valence-electron chi connectivity index (χ0n) is 21.7. The number of fused-ring (bicyclic) bond motifs is 5. The minimum absolute atomic E-state index is 0.129. The van der Waals surface area contributed by atoms with E-state index in [0.29, 0.717) is 22.7 Å². The van der Waals surface area contributed by atoms with Gasteiger partial charge in [-0.05, 0) is 120 Å². The number of hydrogen-bond acceptors (Lipinski definition) is 1. The Hall–Kier alpha value is 0.180. The monoisotopic (exact) mass is 506 g/mol. The third-order valence-electron chi connectivity index (χ3n) is 11.6. The minimum Gasteiger partial charge on any atom is -0.393 e. The lowest BCUT2D eigenvalue weighted by Crippen LogP contribution is -2.56. The number of allylic oxidation sites excluding steroid dienone is 1. The zero-order valence-corrected chi connectivity index (χ0v) is 23.3. The van der Waals surface area contributed by atoms with E-state index >= 15 is 0 Å². The van der Waals surface area contributed by atoms with Crippen LogP contribution in [0.25, 0.3) is 0 Å². The SMILES string of the molecule is C=C(Br)C[C@@H]1[C@@H](O)CC[C@@]2(C)[C@H]1CC[C@@H]1[C@@H]2CC[C@]2(C)[C@@H]([C@H](C)CCCC(C)C)CC[C@@H]12. The maximum absolute atomic E-state index is 10.9. The summed E-state index contributed by atoms with van der Waals surface area (Å²) in [5.74, 6) is 6.55. The summed E-state index contributed by atoms with van der Waals surface area (Å²) in [5.41, 5.74) is 1.01. The van der Waals surface area contributed by atoms with Crippen molar-refractivity contribution in [2.75, 3.05) is 0 Å². The summed E-state index contributed by atoms with van der Waals surface area (Å²) in [7, 11) is 0. The molecule has 32 heavy (non-hydrogen) atoms. The van der Waals surface area contributed by atoms with Crippen LogP contribution >= 0.6 is 15.9 Å². The maximum Gasteiger partial charge on any atom is 0.0574 e. The summed E-state index contributed by atoms with van der Waals surface area (Å²) in [6, 6.07) is 0. The number of halogens is 1. The molecule has 0 unspecified atom stereocenters. The summed E-state index contributed by atoms with van der Waals surface area (Å²) in [4.78, 5) is 0. The zero-order chi connectivity index (χ0) is 23.3. The number of aliphatic hydroxyl groups is 1. The molecule has 0 aromatic rings. The van der Waals surface area contributed by atoms with Crippen LogP contribution in [0.4, 0.5) is 0 Å². The van der Waals surface area contributed by atoms with E-state index in [-0.39, 0.29) is 6.10 Å². The topological polar surface area (TPSA) is 20.2 Å². The van der Waals surface area contributed by atoms with Gasteiger partial charge in [-0.15, -0.1) is 0 Å². The third-order valence-corrected chi connectivity index (χ3v) is 11.9. The molecule has 0 radical (unpaired) electrons. The largest absolute Gasteiger partial charge is 0.393 e. The predicted octanol–water partition coefficient (Wildman–Crippen LogP) is 8.99. The molecule has 4 fully saturated rings. The average Bonchev–Trinajstić information content (AvgIpc) is 3.07. The highest BCUT2D eigenvalue weighted by Gasteiger charge is 2.61. The second kappa shape index (κ2) is 9.67. The van der Waals surface area contributed by atoms with Crippen molar-refractivity contribution in [3.05, 3.63) is 11.1 Å². The van der Waals surface area contributed by atoms with Crippen LogP contribution in [0.1, 0.15) is 112 Å². The van der Waals surface area contributed by atoms with Crippen LogP contribution < -0.4 is 0 Å². The molecular formula is C30H51BrO. The van der Waals surface area contributed by atoms with E-state index in [1.807, 2.05) is 0 Å². The van der Waals surface area contributed by atoms with Crippen LogP contribution in [0.2, 0.25) is 0 Å². The first-order valence-corrected chi connectivity index (χ1v) is 14.9. The van der Waals surface area contributed by atoms with Gasteiger partial charge in [-0.25, -0.2) is 0 Å². The van der Waals surface area contributed by atoms with E-state index in [1.165, 1.54) is 64.2 Å². The van der Waals surface area contributed by atoms with Crippen molar-refractivity contribution in [3.63, 3.8) is 0 Å². The third kappa shape index (κ3) is 4.43. The highest BCUT2D eigenvalue weighted by atomic mass is 79.9. The molecule has 0 aromatic carbocycles. The van der Waals surface area contributed by atoms with Gasteiger partial charge in [0.2, 0.25) is 0 Å². The molecule has 1 nitrogen and oxygen atoms in total. The van der Waals surface area contributed by atoms with Crippen LogP contribution in [0, 0.1) is 58.2 Å². The standard InChI is InChI=1S/C30H51BrO/c1-19(2)8-7-9-20(3)24-12-13-25-22-10-11-26-23(18-21(4)31)28(32)15-17-30(26,6)27(22)14-16-29(24,25)5/h19-20,22-28,32H,4,7-18H2,1-3,5-6H3/t20-,22+,23+,24-,25+,26+,27+,28+,29-,30+/m1/s1. The van der Waals surface area contributed by atoms with Crippen molar-refractivity contribution >= 4 is 15.9 Å². The quantitative estimate of drug-likeness (QED) is 0.365. The van der Waals surface area contributed by atoms with Crippen molar-refractivity contribution in [3.8, 4) is 0 Å². The second-order valence-corrected chi connectivity index (χ2v) is 14.7. The van der Waals surface area contributed by atoms with Gasteiger partial charge < -0.3 is 5.11 Å². The molecule has 184 valence electrons. The molecule has 1 N–H and O–H groups in total. The molecule has 0 bridgehead atoms. The van der Waals surface area contributed by atoms with Crippen molar-refractivity contribution in [1.29, 1.82) is 0 Å². The lowest BCUT2D eigenvalue weighted by atomic mass is 9.43. The van der Waals surface area contributed by atoms with Gasteiger partial charge in [0.05, 0.1) is 6.10 Å². The van der Waals surface area contributed by atoms with Crippen LogP contribution in [0.3, 0.4) is 0 Å². The van der Waals surface area contributed by atoms with E-state index in [2.05, 4.69) is 57.1 Å². The first-order chi connectivity index (χ1) is 15.1. The summed E-state index contributed by atoms with van der Waals surface area (Å²) < 4.78 is 1.08. The molecule has 0 saturated heterocycles. The number of hydrogen-bond donors (Lipinski definition) is 1. The lowest BCUT2D eigenvalue weighted by Gasteiger charge is -2.63. The fourth-order valence-corrected chi connectivity index (χ4v) is 10.4. The summed E-state index contributed by atoms with van der Waals surface area (Å²) in [6.07, 6.45) is 15.9. The molecular weight excluding hydrogens is 456 g/mol. The molecule has 4 rings (SSSR count). The normalized spacial score (nSPS) is 46.9. The maximum atomic E-state index is 10.9. The van der Waals surface area contributed by atoms with E-state index in [9.17, 15) is 5.11 Å². The number of aliphatic hydroxyl groups excluding tert-OH is 1. The van der Waals surface area contributed by atoms with Crippen LogP contribution in [0.5, 0.6) is 0 Å². The van der Waals surface area contributed by atoms with Crippen molar-refractivity contribution < 1.29 is 5.11 Å². The van der Waals surface area contributed by atoms with Crippen molar-refractivity contribution in [2.24, 2.45) is 58.2 Å². The Morgan fingerprint density at radius 1 is 0.906 bits per heavy atom. The first kappa shape index (κ1) is 25.3. The molecule has 4 aliphatic rings. The molecule has 4 aliphatic carbocycles. The predicted molar refractivity (Wildman–Crippen MR) is 141 cm³/mol. The Morgan fingerprint density at radius 3 is 2.25 bits per heavy atom. The van der Waals surface area contributed by atoms with Crippen LogP contribution in [-0.4, -0.2) is 11.2 Å². The molecule has 0 heterocycles. The highest BCUT2D eigenvalue weighted by molar-refractivity contribution is 9.11. The Balaban J connectivity index is 1.49. The van der Waals surface area contributed by atoms with Gasteiger partial charge in [-0.3, -0.25) is 0 Å². The van der Waals surface area contributed by atoms with Gasteiger partial charge >= 0.3 is 0 Å². The second-order valence-electron chi connectivity index (χ2n) is 13.6. The van der Waals surface area contributed by atoms with Gasteiger partial charge in [-0.1, -0.05) is 76.4 Å². The van der Waals surface area contributed by atoms with Crippen molar-refractivity contribution in [2.45, 2.75) is 118 Å². The highest BCUT2D eigenvalue weighted by Crippen LogP contribution is 2.69. The van der Waals surface area contributed by atoms with Crippen molar-refractivity contribution in [1.82, 2.24) is 0 Å². The summed E-state index contributed by atoms with van der Waals surface area (Å²) in [5, 5.41) is 10.9. The molecule has 0 amide bonds. The average molecular weight is 508 g/mol. The molecule has 10 atom stereocenters. The smallest absolute Gasteiger partial charge is 0.0574 e. The molecule has 0 aromatic heterocycles. The summed E-state index contributed by atoms with van der Waals surface area (Å²) in [6.45, 7) is 16.8. The van der Waals surface area contributed by atoms with E-state index in [0.717, 1.165) is 52.8 Å². The van der Waals surface area contributed by atoms with Crippen LogP contribution in [0.15, 0.2) is 11.1 Å². The fraction of sp³-hybridized carbons (Fsp3) is 0.933. The Labute approximate surface area is 207 Å². The van der Waals surface area contributed by atoms with Gasteiger partial charge in [-0.2, -0.15) is 0 Å². The molecule has 2 heteroatoms. The Morgan fingerprint density at radius 2 is 1.56 bits per heavy atom. The molecule has 4 saturated carbocycles. The number of rotatable bonds is 7. The molecule has 0 spiro atoms. The van der Waals surface area contributed by atoms with E-state index < -0.39 is 0 Å². The van der Waals surface area contributed by atoms with Crippen LogP contribution in [-0.2, 0) is 0 Å². The van der Waals surface area contributed by atoms with E-state index in [1.54, 1.807) is 0 Å². The van der Waals surface area contributed by atoms with E-state index in [4.69, 9.17) is 0 Å². The van der Waals surface area contributed by atoms with Gasteiger partial charge in [0, 0.05) is 0 Å². The van der Waals surface area contributed by atoms with Gasteiger partial charge in [0.25, 0.3) is 0 Å². The van der Waals surface area contributed by atoms with Gasteiger partial charge in [0.15, 0.2) is 0 Å². The first-order valence-electron chi connectivity index (χ1n) is 14.1. The Bertz CT molecular complexity index is 672. The molecule has 0 aliphatic heterocycles. The lowest BCUT2D eigenvalue weighted by molar-refractivity contribution is -0.152. The Kier molecular flexibility index (Phi) is 7.64. The van der Waals surface area contributed by atoms with Gasteiger partial charge in [0.1, 0.15) is 0 Å². The fourth-order valence-electron chi connectivity index (χ4n) is 10.1.